The van der Waals surface area contributed by atoms with Gasteiger partial charge < -0.3 is 14.4 Å². The summed E-state index contributed by atoms with van der Waals surface area (Å²) in [6, 6.07) is 8.00. The summed E-state index contributed by atoms with van der Waals surface area (Å²) in [6.45, 7) is 2.16. The summed E-state index contributed by atoms with van der Waals surface area (Å²) in [5, 5.41) is 10.1. The molecule has 0 aliphatic carbocycles. The molecule has 0 saturated carbocycles. The number of β-amino-alcohol motifs (C(OH)–C–C–N with tert-alkyl or cyclic N) is 1. The van der Waals surface area contributed by atoms with Crippen molar-refractivity contribution < 1.29 is 14.3 Å². The number of nitrogens with zero attached hydrogens (tertiary/aromatic N) is 1. The summed E-state index contributed by atoms with van der Waals surface area (Å²) in [5.41, 5.74) is -0.685. The molecule has 2 heterocycles. The monoisotopic (exact) mass is 259 g/mol. The fourth-order valence-corrected chi connectivity index (χ4v) is 2.28. The van der Waals surface area contributed by atoms with Crippen molar-refractivity contribution in [1.82, 2.24) is 4.90 Å². The molecule has 1 fully saturated rings. The van der Waals surface area contributed by atoms with Gasteiger partial charge in [0, 0.05) is 6.07 Å². The number of benzene rings is 1. The standard InChI is InChI=1S/C14H13NO4/c1-14(18)7-15(8-14)13(17)12-6-10(16)9-4-2-3-5-11(9)19-12/h2-6,18H,7-8H2,1H3. The second-order valence-electron chi connectivity index (χ2n) is 5.13. The van der Waals surface area contributed by atoms with Crippen molar-refractivity contribution in [3.63, 3.8) is 0 Å². The van der Waals surface area contributed by atoms with E-state index in [4.69, 9.17) is 4.42 Å². The molecule has 1 amide bonds. The quantitative estimate of drug-likeness (QED) is 0.829. The second-order valence-corrected chi connectivity index (χ2v) is 5.13. The van der Waals surface area contributed by atoms with Crippen molar-refractivity contribution in [3.05, 3.63) is 46.3 Å². The minimum Gasteiger partial charge on any atom is -0.451 e. The van der Waals surface area contributed by atoms with Gasteiger partial charge in [-0.15, -0.1) is 0 Å². The molecule has 5 heteroatoms. The van der Waals surface area contributed by atoms with E-state index in [1.807, 2.05) is 0 Å². The van der Waals surface area contributed by atoms with Crippen LogP contribution >= 0.6 is 0 Å². The van der Waals surface area contributed by atoms with Gasteiger partial charge in [-0.3, -0.25) is 9.59 Å². The first-order valence-electron chi connectivity index (χ1n) is 6.01. The van der Waals surface area contributed by atoms with E-state index in [2.05, 4.69) is 0 Å². The van der Waals surface area contributed by atoms with Gasteiger partial charge in [-0.05, 0) is 19.1 Å². The lowest BCUT2D eigenvalue weighted by molar-refractivity contribution is -0.0678. The minimum absolute atomic E-state index is 0.0131. The molecule has 0 spiro atoms. The lowest BCUT2D eigenvalue weighted by Crippen LogP contribution is -2.61. The topological polar surface area (TPSA) is 70.8 Å². The predicted molar refractivity (Wildman–Crippen MR) is 69.0 cm³/mol. The van der Waals surface area contributed by atoms with Crippen LogP contribution in [0.15, 0.2) is 39.5 Å². The van der Waals surface area contributed by atoms with E-state index in [9.17, 15) is 14.7 Å². The van der Waals surface area contributed by atoms with E-state index < -0.39 is 5.60 Å². The summed E-state index contributed by atoms with van der Waals surface area (Å²) in [4.78, 5) is 25.4. The van der Waals surface area contributed by atoms with Gasteiger partial charge in [0.15, 0.2) is 11.2 Å². The molecular formula is C14H13NO4. The average Bonchev–Trinajstić information content (AvgIpc) is 2.35. The van der Waals surface area contributed by atoms with Crippen molar-refractivity contribution in [3.8, 4) is 0 Å². The van der Waals surface area contributed by atoms with Crippen LogP contribution in [0.4, 0.5) is 0 Å². The van der Waals surface area contributed by atoms with E-state index in [1.165, 1.54) is 11.0 Å². The van der Waals surface area contributed by atoms with Crippen LogP contribution in [0.25, 0.3) is 11.0 Å². The number of hydrogen-bond donors (Lipinski definition) is 1. The average molecular weight is 259 g/mol. The molecule has 0 unspecified atom stereocenters. The Balaban J connectivity index is 1.98. The summed E-state index contributed by atoms with van der Waals surface area (Å²) >= 11 is 0. The molecule has 0 radical (unpaired) electrons. The van der Waals surface area contributed by atoms with Gasteiger partial charge in [-0.1, -0.05) is 12.1 Å². The van der Waals surface area contributed by atoms with Gasteiger partial charge in [0.05, 0.1) is 24.1 Å². The van der Waals surface area contributed by atoms with Crippen LogP contribution in [0.3, 0.4) is 0 Å². The molecule has 98 valence electrons. The van der Waals surface area contributed by atoms with Crippen LogP contribution in [0, 0.1) is 0 Å². The maximum absolute atomic E-state index is 12.1. The highest BCUT2D eigenvalue weighted by Gasteiger charge is 2.40. The van der Waals surface area contributed by atoms with Crippen molar-refractivity contribution in [2.24, 2.45) is 0 Å². The number of fused-ring (bicyclic) bond motifs is 1. The van der Waals surface area contributed by atoms with Crippen LogP contribution in [0.1, 0.15) is 17.5 Å². The Labute approximate surface area is 109 Å². The third kappa shape index (κ3) is 2.02. The minimum atomic E-state index is -0.840. The van der Waals surface area contributed by atoms with Gasteiger partial charge >= 0.3 is 0 Å². The third-order valence-corrected chi connectivity index (χ3v) is 3.20. The highest BCUT2D eigenvalue weighted by molar-refractivity contribution is 5.93. The molecule has 5 nitrogen and oxygen atoms in total. The zero-order valence-corrected chi connectivity index (χ0v) is 10.4. The molecular weight excluding hydrogens is 246 g/mol. The van der Waals surface area contributed by atoms with Gasteiger partial charge in [-0.25, -0.2) is 0 Å². The van der Waals surface area contributed by atoms with Crippen LogP contribution in [0.5, 0.6) is 0 Å². The maximum Gasteiger partial charge on any atom is 0.289 e. The highest BCUT2D eigenvalue weighted by Crippen LogP contribution is 2.22. The smallest absolute Gasteiger partial charge is 0.289 e. The molecule has 1 aromatic heterocycles. The summed E-state index contributed by atoms with van der Waals surface area (Å²) in [7, 11) is 0. The number of likely N-dealkylation sites (tertiary alicyclic amines) is 1. The van der Waals surface area contributed by atoms with Crippen LogP contribution in [-0.4, -0.2) is 34.6 Å². The van der Waals surface area contributed by atoms with Crippen molar-refractivity contribution in [2.45, 2.75) is 12.5 Å². The molecule has 0 bridgehead atoms. The number of carbonyl (C=O) groups is 1. The van der Waals surface area contributed by atoms with Crippen molar-refractivity contribution >= 4 is 16.9 Å². The van der Waals surface area contributed by atoms with Crippen LogP contribution in [-0.2, 0) is 0 Å². The number of para-hydroxylation sites is 1. The molecule has 1 aliphatic rings. The molecule has 0 atom stereocenters. The Bertz CT molecular complexity index is 709. The lowest BCUT2D eigenvalue weighted by Gasteiger charge is -2.43. The number of amides is 1. The maximum atomic E-state index is 12.1. The largest absolute Gasteiger partial charge is 0.451 e. The molecule has 1 saturated heterocycles. The van der Waals surface area contributed by atoms with Gasteiger partial charge in [-0.2, -0.15) is 0 Å². The van der Waals surface area contributed by atoms with E-state index >= 15 is 0 Å². The number of rotatable bonds is 1. The third-order valence-electron chi connectivity index (χ3n) is 3.20. The molecule has 19 heavy (non-hydrogen) atoms. The Morgan fingerprint density at radius 1 is 1.37 bits per heavy atom. The molecule has 1 aromatic carbocycles. The Kier molecular flexibility index (Phi) is 2.46. The molecule has 2 aromatic rings. The number of hydrogen-bond acceptors (Lipinski definition) is 4. The second kappa shape index (κ2) is 3.93. The Morgan fingerprint density at radius 3 is 2.74 bits per heavy atom. The summed E-state index contributed by atoms with van der Waals surface area (Å²) in [5.74, 6) is -0.353. The van der Waals surface area contributed by atoms with Crippen molar-refractivity contribution in [1.29, 1.82) is 0 Å². The highest BCUT2D eigenvalue weighted by atomic mass is 16.3. The van der Waals surface area contributed by atoms with E-state index in [-0.39, 0.29) is 30.2 Å². The van der Waals surface area contributed by atoms with E-state index in [0.29, 0.717) is 11.0 Å². The first-order chi connectivity index (χ1) is 8.96. The fourth-order valence-electron chi connectivity index (χ4n) is 2.28. The van der Waals surface area contributed by atoms with Crippen LogP contribution < -0.4 is 5.43 Å². The SMILES string of the molecule is CC1(O)CN(C(=O)c2cc(=O)c3ccccc3o2)C1. The molecule has 1 N–H and O–H groups in total. The first kappa shape index (κ1) is 11.9. The summed E-state index contributed by atoms with van der Waals surface area (Å²) in [6.07, 6.45) is 0. The Hall–Kier alpha value is -2.14. The zero-order chi connectivity index (χ0) is 13.6. The van der Waals surface area contributed by atoms with Crippen molar-refractivity contribution in [2.75, 3.05) is 13.1 Å². The zero-order valence-electron chi connectivity index (χ0n) is 10.4. The lowest BCUT2D eigenvalue weighted by atomic mass is 9.96. The molecule has 1 aliphatic heterocycles. The van der Waals surface area contributed by atoms with Gasteiger partial charge in [0.25, 0.3) is 5.91 Å². The van der Waals surface area contributed by atoms with Crippen LogP contribution in [0.2, 0.25) is 0 Å². The predicted octanol–water partition coefficient (Wildman–Crippen LogP) is 1.000. The normalized spacial score (nSPS) is 17.3. The number of aliphatic hydroxyl groups is 1. The number of carbonyl (C=O) groups excluding carboxylic acids is 1. The molecule has 3 rings (SSSR count). The first-order valence-corrected chi connectivity index (χ1v) is 6.01. The van der Waals surface area contributed by atoms with E-state index in [0.717, 1.165) is 0 Å². The van der Waals surface area contributed by atoms with E-state index in [1.54, 1.807) is 31.2 Å². The fraction of sp³-hybridized carbons (Fsp3) is 0.286. The summed E-state index contributed by atoms with van der Waals surface area (Å²) < 4.78 is 5.46. The van der Waals surface area contributed by atoms with Gasteiger partial charge in [0.2, 0.25) is 0 Å². The van der Waals surface area contributed by atoms with Gasteiger partial charge in [0.1, 0.15) is 5.58 Å². The Morgan fingerprint density at radius 2 is 2.05 bits per heavy atom.